The van der Waals surface area contributed by atoms with Crippen molar-refractivity contribution in [2.24, 2.45) is 5.73 Å². The second kappa shape index (κ2) is 9.06. The number of benzene rings is 2. The van der Waals surface area contributed by atoms with E-state index < -0.39 is 15.9 Å². The van der Waals surface area contributed by atoms with Crippen molar-refractivity contribution in [1.82, 2.24) is 4.31 Å². The molecular formula is C20H23N3O5S. The van der Waals surface area contributed by atoms with Gasteiger partial charge in [-0.3, -0.25) is 9.59 Å². The maximum Gasteiger partial charge on any atom is 0.262 e. The van der Waals surface area contributed by atoms with Gasteiger partial charge in [-0.2, -0.15) is 4.31 Å². The normalized spacial score (nSPS) is 14.9. The summed E-state index contributed by atoms with van der Waals surface area (Å²) in [7, 11) is -3.49. The largest absolute Gasteiger partial charge is 0.484 e. The van der Waals surface area contributed by atoms with E-state index in [4.69, 9.17) is 10.5 Å². The molecule has 29 heavy (non-hydrogen) atoms. The summed E-state index contributed by atoms with van der Waals surface area (Å²) in [6.45, 7) is 0.845. The fourth-order valence-electron chi connectivity index (χ4n) is 3.03. The van der Waals surface area contributed by atoms with E-state index in [9.17, 15) is 18.0 Å². The van der Waals surface area contributed by atoms with E-state index in [1.54, 1.807) is 12.1 Å². The van der Waals surface area contributed by atoms with Gasteiger partial charge in [-0.25, -0.2) is 8.42 Å². The SMILES string of the molecule is NC(=O)c1ccc(NC(=O)COc2ccc(S(=O)(=O)N3CCCCC3)cc2)cc1. The van der Waals surface area contributed by atoms with E-state index in [1.807, 2.05) is 0 Å². The van der Waals surface area contributed by atoms with Crippen LogP contribution >= 0.6 is 0 Å². The second-order valence-corrected chi connectivity index (χ2v) is 8.65. The molecular weight excluding hydrogens is 394 g/mol. The van der Waals surface area contributed by atoms with Gasteiger partial charge in [0.1, 0.15) is 5.75 Å². The quantitative estimate of drug-likeness (QED) is 0.714. The molecule has 0 saturated carbocycles. The van der Waals surface area contributed by atoms with Crippen LogP contribution in [0, 0.1) is 0 Å². The summed E-state index contributed by atoms with van der Waals surface area (Å²) in [5.74, 6) is -0.541. The third-order valence-corrected chi connectivity index (χ3v) is 6.51. The highest BCUT2D eigenvalue weighted by Crippen LogP contribution is 2.22. The van der Waals surface area contributed by atoms with Crippen molar-refractivity contribution >= 4 is 27.5 Å². The van der Waals surface area contributed by atoms with E-state index in [-0.39, 0.29) is 17.4 Å². The first-order valence-corrected chi connectivity index (χ1v) is 10.7. The molecule has 1 heterocycles. The molecule has 3 rings (SSSR count). The van der Waals surface area contributed by atoms with Crippen LogP contribution in [-0.4, -0.2) is 44.2 Å². The van der Waals surface area contributed by atoms with Gasteiger partial charge in [0, 0.05) is 24.3 Å². The van der Waals surface area contributed by atoms with Crippen LogP contribution in [0.2, 0.25) is 0 Å². The number of anilines is 1. The van der Waals surface area contributed by atoms with Gasteiger partial charge in [0.15, 0.2) is 6.61 Å². The van der Waals surface area contributed by atoms with E-state index in [0.717, 1.165) is 19.3 Å². The summed E-state index contributed by atoms with van der Waals surface area (Å²) in [4.78, 5) is 23.3. The van der Waals surface area contributed by atoms with Crippen LogP contribution < -0.4 is 15.8 Å². The number of hydrogen-bond donors (Lipinski definition) is 2. The Morgan fingerprint density at radius 1 is 0.966 bits per heavy atom. The van der Waals surface area contributed by atoms with E-state index >= 15 is 0 Å². The lowest BCUT2D eigenvalue weighted by Gasteiger charge is -2.25. The van der Waals surface area contributed by atoms with E-state index in [2.05, 4.69) is 5.32 Å². The van der Waals surface area contributed by atoms with Gasteiger partial charge < -0.3 is 15.8 Å². The number of hydrogen-bond acceptors (Lipinski definition) is 5. The molecule has 0 atom stereocenters. The zero-order valence-electron chi connectivity index (χ0n) is 15.8. The lowest BCUT2D eigenvalue weighted by Crippen LogP contribution is -2.35. The van der Waals surface area contributed by atoms with Crippen LogP contribution in [0.25, 0.3) is 0 Å². The number of carbonyl (C=O) groups excluding carboxylic acids is 2. The minimum atomic E-state index is -3.49. The molecule has 0 aliphatic carbocycles. The number of carbonyl (C=O) groups is 2. The van der Waals surface area contributed by atoms with Crippen molar-refractivity contribution in [3.05, 3.63) is 54.1 Å². The molecule has 0 radical (unpaired) electrons. The van der Waals surface area contributed by atoms with Crippen LogP contribution in [0.5, 0.6) is 5.75 Å². The minimum absolute atomic E-state index is 0.214. The monoisotopic (exact) mass is 417 g/mol. The zero-order valence-corrected chi connectivity index (χ0v) is 16.7. The lowest BCUT2D eigenvalue weighted by atomic mass is 10.2. The van der Waals surface area contributed by atoms with Crippen molar-refractivity contribution in [2.45, 2.75) is 24.2 Å². The number of sulfonamides is 1. The molecule has 0 aromatic heterocycles. The Kier molecular flexibility index (Phi) is 6.50. The first kappa shape index (κ1) is 20.8. The molecule has 1 aliphatic heterocycles. The van der Waals surface area contributed by atoms with Crippen molar-refractivity contribution in [3.63, 3.8) is 0 Å². The van der Waals surface area contributed by atoms with Crippen molar-refractivity contribution in [3.8, 4) is 5.75 Å². The number of amides is 2. The third-order valence-electron chi connectivity index (χ3n) is 4.60. The Bertz CT molecular complexity index is 966. The third kappa shape index (κ3) is 5.33. The van der Waals surface area contributed by atoms with Gasteiger partial charge in [0.25, 0.3) is 5.91 Å². The van der Waals surface area contributed by atoms with E-state index in [0.29, 0.717) is 30.1 Å². The van der Waals surface area contributed by atoms with Crippen LogP contribution in [0.1, 0.15) is 29.6 Å². The van der Waals surface area contributed by atoms with Gasteiger partial charge in [0.05, 0.1) is 4.90 Å². The Labute approximate surface area is 169 Å². The van der Waals surface area contributed by atoms with Gasteiger partial charge in [-0.05, 0) is 61.4 Å². The number of nitrogens with one attached hydrogen (secondary N) is 1. The number of nitrogens with two attached hydrogens (primary N) is 1. The Morgan fingerprint density at radius 3 is 2.17 bits per heavy atom. The first-order valence-electron chi connectivity index (χ1n) is 9.29. The maximum absolute atomic E-state index is 12.6. The van der Waals surface area contributed by atoms with Gasteiger partial charge in [-0.1, -0.05) is 6.42 Å². The van der Waals surface area contributed by atoms with Gasteiger partial charge >= 0.3 is 0 Å². The summed E-state index contributed by atoms with van der Waals surface area (Å²) < 4.78 is 32.2. The summed E-state index contributed by atoms with van der Waals surface area (Å²) in [6.07, 6.45) is 2.80. The number of rotatable bonds is 7. The molecule has 1 saturated heterocycles. The Hall–Kier alpha value is -2.91. The fourth-order valence-corrected chi connectivity index (χ4v) is 4.54. The van der Waals surface area contributed by atoms with Crippen LogP contribution in [0.15, 0.2) is 53.4 Å². The summed E-state index contributed by atoms with van der Waals surface area (Å²) in [5.41, 5.74) is 6.02. The number of nitrogens with zero attached hydrogens (tertiary/aromatic N) is 1. The molecule has 2 aromatic rings. The first-order chi connectivity index (χ1) is 13.9. The summed E-state index contributed by atoms with van der Waals surface area (Å²) >= 11 is 0. The second-order valence-electron chi connectivity index (χ2n) is 6.71. The number of ether oxygens (including phenoxy) is 1. The lowest BCUT2D eigenvalue weighted by molar-refractivity contribution is -0.118. The molecule has 2 aromatic carbocycles. The van der Waals surface area contributed by atoms with Gasteiger partial charge in [0.2, 0.25) is 15.9 Å². The number of piperidine rings is 1. The van der Waals surface area contributed by atoms with Crippen molar-refractivity contribution in [2.75, 3.05) is 25.0 Å². The van der Waals surface area contributed by atoms with Gasteiger partial charge in [-0.15, -0.1) is 0 Å². The van der Waals surface area contributed by atoms with E-state index in [1.165, 1.54) is 40.7 Å². The van der Waals surface area contributed by atoms with Crippen LogP contribution in [0.4, 0.5) is 5.69 Å². The Balaban J connectivity index is 1.54. The summed E-state index contributed by atoms with van der Waals surface area (Å²) in [5, 5.41) is 2.64. The molecule has 8 nitrogen and oxygen atoms in total. The fraction of sp³-hybridized carbons (Fsp3) is 0.300. The molecule has 9 heteroatoms. The standard InChI is InChI=1S/C20H23N3O5S/c21-20(25)15-4-6-16(7-5-15)22-19(24)14-28-17-8-10-18(11-9-17)29(26,27)23-12-2-1-3-13-23/h4-11H,1-3,12-14H2,(H2,21,25)(H,22,24). The average Bonchev–Trinajstić information content (AvgIpc) is 2.73. The summed E-state index contributed by atoms with van der Waals surface area (Å²) in [6, 6.07) is 12.2. The topological polar surface area (TPSA) is 119 Å². The highest BCUT2D eigenvalue weighted by Gasteiger charge is 2.25. The minimum Gasteiger partial charge on any atom is -0.484 e. The predicted molar refractivity (Wildman–Crippen MR) is 108 cm³/mol. The average molecular weight is 417 g/mol. The molecule has 0 unspecified atom stereocenters. The van der Waals surface area contributed by atoms with Crippen LogP contribution in [0.3, 0.4) is 0 Å². The molecule has 3 N–H and O–H groups in total. The van der Waals surface area contributed by atoms with Crippen molar-refractivity contribution < 1.29 is 22.7 Å². The molecule has 0 bridgehead atoms. The molecule has 1 aliphatic rings. The molecule has 0 spiro atoms. The highest BCUT2D eigenvalue weighted by molar-refractivity contribution is 7.89. The highest BCUT2D eigenvalue weighted by atomic mass is 32.2. The zero-order chi connectivity index (χ0) is 20.9. The smallest absolute Gasteiger partial charge is 0.262 e. The predicted octanol–water partition coefficient (Wildman–Crippen LogP) is 1.98. The molecule has 154 valence electrons. The van der Waals surface area contributed by atoms with Crippen LogP contribution in [-0.2, 0) is 14.8 Å². The molecule has 2 amide bonds. The number of primary amides is 1. The Morgan fingerprint density at radius 2 is 1.59 bits per heavy atom. The maximum atomic E-state index is 12.6. The van der Waals surface area contributed by atoms with Crippen molar-refractivity contribution in [1.29, 1.82) is 0 Å². The molecule has 1 fully saturated rings.